The molecule has 0 unspecified atom stereocenters. The molecule has 0 amide bonds. The first-order valence-electron chi connectivity index (χ1n) is 3.94. The molecule has 0 aromatic heterocycles. The lowest BCUT2D eigenvalue weighted by Gasteiger charge is -2.29. The Balaban J connectivity index is 2.17. The van der Waals surface area contributed by atoms with Crippen molar-refractivity contribution in [2.45, 2.75) is 25.9 Å². The summed E-state index contributed by atoms with van der Waals surface area (Å²) < 4.78 is 0. The summed E-state index contributed by atoms with van der Waals surface area (Å²) in [7, 11) is 0. The van der Waals surface area contributed by atoms with Crippen LogP contribution in [-0.4, -0.2) is 30.6 Å². The van der Waals surface area contributed by atoms with Crippen LogP contribution in [0.1, 0.15) is 19.8 Å². The highest BCUT2D eigenvalue weighted by atomic mass is 16.6. The molecule has 0 spiro atoms. The highest BCUT2D eigenvalue weighted by molar-refractivity contribution is 4.70. The molecule has 0 atom stereocenters. The topological polar surface area (TPSA) is 38.5 Å². The van der Waals surface area contributed by atoms with Gasteiger partial charge >= 0.3 is 0 Å². The van der Waals surface area contributed by atoms with E-state index in [1.807, 2.05) is 0 Å². The summed E-state index contributed by atoms with van der Waals surface area (Å²) in [5.41, 5.74) is 0. The average molecular weight is 144 g/mol. The summed E-state index contributed by atoms with van der Waals surface area (Å²) in [5, 5.41) is 0. The Hall–Kier alpha value is -0.120. The van der Waals surface area contributed by atoms with Crippen molar-refractivity contribution >= 4 is 0 Å². The van der Waals surface area contributed by atoms with Crippen molar-refractivity contribution in [2.24, 2.45) is 5.90 Å². The Kier molecular flexibility index (Phi) is 3.12. The van der Waals surface area contributed by atoms with Crippen molar-refractivity contribution in [2.75, 3.05) is 19.6 Å². The van der Waals surface area contributed by atoms with Crippen LogP contribution in [-0.2, 0) is 4.84 Å². The zero-order valence-electron chi connectivity index (χ0n) is 6.55. The predicted octanol–water partition coefficient (Wildman–Crippen LogP) is 0.361. The molecule has 0 aromatic rings. The van der Waals surface area contributed by atoms with E-state index < -0.39 is 0 Å². The Morgan fingerprint density at radius 2 is 2.10 bits per heavy atom. The predicted molar refractivity (Wildman–Crippen MR) is 40.4 cm³/mol. The van der Waals surface area contributed by atoms with Crippen molar-refractivity contribution in [3.63, 3.8) is 0 Å². The van der Waals surface area contributed by atoms with Crippen molar-refractivity contribution < 1.29 is 4.84 Å². The van der Waals surface area contributed by atoms with Gasteiger partial charge in [-0.25, -0.2) is 5.90 Å². The molecule has 0 bridgehead atoms. The smallest absolute Gasteiger partial charge is 0.0811 e. The van der Waals surface area contributed by atoms with Crippen molar-refractivity contribution in [1.82, 2.24) is 4.90 Å². The first-order valence-corrected chi connectivity index (χ1v) is 3.94. The maximum absolute atomic E-state index is 5.07. The van der Waals surface area contributed by atoms with Gasteiger partial charge in [0.1, 0.15) is 0 Å². The summed E-state index contributed by atoms with van der Waals surface area (Å²) >= 11 is 0. The molecule has 2 N–H and O–H groups in total. The number of nitrogens with two attached hydrogens (primary N) is 1. The van der Waals surface area contributed by atoms with Gasteiger partial charge in [0.05, 0.1) is 6.10 Å². The van der Waals surface area contributed by atoms with Crippen molar-refractivity contribution in [1.29, 1.82) is 0 Å². The molecule has 1 aliphatic rings. The first kappa shape index (κ1) is 7.98. The van der Waals surface area contributed by atoms with Crippen molar-refractivity contribution in [3.05, 3.63) is 0 Å². The van der Waals surface area contributed by atoms with Crippen LogP contribution in [0.5, 0.6) is 0 Å². The largest absolute Gasteiger partial charge is 0.303 e. The fourth-order valence-electron chi connectivity index (χ4n) is 1.36. The van der Waals surface area contributed by atoms with Gasteiger partial charge in [0.2, 0.25) is 0 Å². The normalized spacial score (nSPS) is 23.4. The second-order valence-electron chi connectivity index (χ2n) is 2.77. The van der Waals surface area contributed by atoms with Crippen LogP contribution < -0.4 is 5.90 Å². The van der Waals surface area contributed by atoms with Crippen molar-refractivity contribution in [3.8, 4) is 0 Å². The minimum atomic E-state index is 0.308. The molecule has 3 nitrogen and oxygen atoms in total. The van der Waals surface area contributed by atoms with E-state index in [9.17, 15) is 0 Å². The van der Waals surface area contributed by atoms with E-state index in [1.54, 1.807) is 0 Å². The van der Waals surface area contributed by atoms with Crippen LogP contribution in [0, 0.1) is 0 Å². The summed E-state index contributed by atoms with van der Waals surface area (Å²) in [5.74, 6) is 5.07. The number of hydrogen-bond donors (Lipinski definition) is 1. The fraction of sp³-hybridized carbons (Fsp3) is 1.00. The SMILES string of the molecule is CCN1CCC(ON)CC1. The van der Waals surface area contributed by atoms with Crippen LogP contribution in [0.3, 0.4) is 0 Å². The third-order valence-corrected chi connectivity index (χ3v) is 2.17. The number of piperidine rings is 1. The maximum Gasteiger partial charge on any atom is 0.0811 e. The molecule has 60 valence electrons. The zero-order chi connectivity index (χ0) is 7.40. The van der Waals surface area contributed by atoms with Gasteiger partial charge in [0.15, 0.2) is 0 Å². The lowest BCUT2D eigenvalue weighted by atomic mass is 10.1. The second-order valence-corrected chi connectivity index (χ2v) is 2.77. The Morgan fingerprint density at radius 3 is 2.50 bits per heavy atom. The molecular weight excluding hydrogens is 128 g/mol. The summed E-state index contributed by atoms with van der Waals surface area (Å²) in [6.07, 6.45) is 2.48. The molecule has 1 rings (SSSR count). The molecule has 0 aliphatic carbocycles. The van der Waals surface area contributed by atoms with Gasteiger partial charge in [-0.15, -0.1) is 0 Å². The van der Waals surface area contributed by atoms with E-state index in [0.717, 1.165) is 32.5 Å². The van der Waals surface area contributed by atoms with Crippen LogP contribution in [0.2, 0.25) is 0 Å². The van der Waals surface area contributed by atoms with Gasteiger partial charge in [0.25, 0.3) is 0 Å². The van der Waals surface area contributed by atoms with E-state index in [4.69, 9.17) is 10.7 Å². The van der Waals surface area contributed by atoms with E-state index in [-0.39, 0.29) is 0 Å². The number of nitrogens with zero attached hydrogens (tertiary/aromatic N) is 1. The van der Waals surface area contributed by atoms with Gasteiger partial charge in [0, 0.05) is 13.1 Å². The monoisotopic (exact) mass is 144 g/mol. The third kappa shape index (κ3) is 1.94. The minimum absolute atomic E-state index is 0.308. The molecule has 10 heavy (non-hydrogen) atoms. The van der Waals surface area contributed by atoms with E-state index in [2.05, 4.69) is 11.8 Å². The van der Waals surface area contributed by atoms with Crippen LogP contribution in [0.25, 0.3) is 0 Å². The molecule has 1 heterocycles. The van der Waals surface area contributed by atoms with E-state index >= 15 is 0 Å². The first-order chi connectivity index (χ1) is 4.86. The fourth-order valence-corrected chi connectivity index (χ4v) is 1.36. The van der Waals surface area contributed by atoms with E-state index in [0.29, 0.717) is 6.10 Å². The third-order valence-electron chi connectivity index (χ3n) is 2.17. The van der Waals surface area contributed by atoms with Gasteiger partial charge in [-0.05, 0) is 19.4 Å². The molecule has 0 aromatic carbocycles. The number of hydrogen-bond acceptors (Lipinski definition) is 3. The standard InChI is InChI=1S/C7H16N2O/c1-2-9-5-3-7(10-8)4-6-9/h7H,2-6,8H2,1H3. The molecule has 3 heteroatoms. The average Bonchev–Trinajstić information content (AvgIpc) is 2.05. The van der Waals surface area contributed by atoms with Crippen LogP contribution in [0.4, 0.5) is 0 Å². The molecule has 1 fully saturated rings. The van der Waals surface area contributed by atoms with Gasteiger partial charge in [-0.3, -0.25) is 0 Å². The Bertz CT molecular complexity index is 77.6. The lowest BCUT2D eigenvalue weighted by Crippen LogP contribution is -2.37. The van der Waals surface area contributed by atoms with E-state index in [1.165, 1.54) is 0 Å². The van der Waals surface area contributed by atoms with Gasteiger partial charge in [-0.2, -0.15) is 0 Å². The summed E-state index contributed by atoms with van der Waals surface area (Å²) in [4.78, 5) is 7.17. The highest BCUT2D eigenvalue weighted by Crippen LogP contribution is 2.10. The molecule has 0 saturated carbocycles. The number of likely N-dealkylation sites (tertiary alicyclic amines) is 1. The summed E-state index contributed by atoms with van der Waals surface area (Å²) in [6.45, 7) is 5.61. The Labute approximate surface area is 62.1 Å². The van der Waals surface area contributed by atoms with Gasteiger partial charge in [-0.1, -0.05) is 6.92 Å². The highest BCUT2D eigenvalue weighted by Gasteiger charge is 2.17. The molecular formula is C7H16N2O. The zero-order valence-corrected chi connectivity index (χ0v) is 6.55. The van der Waals surface area contributed by atoms with Gasteiger partial charge < -0.3 is 9.74 Å². The maximum atomic E-state index is 5.07. The lowest BCUT2D eigenvalue weighted by molar-refractivity contribution is 0.00769. The quantitative estimate of drug-likeness (QED) is 0.569. The molecule has 1 saturated heterocycles. The summed E-state index contributed by atoms with van der Waals surface area (Å²) in [6, 6.07) is 0. The van der Waals surface area contributed by atoms with Crippen LogP contribution in [0.15, 0.2) is 0 Å². The molecule has 1 aliphatic heterocycles. The second kappa shape index (κ2) is 3.91. The Morgan fingerprint density at radius 1 is 1.50 bits per heavy atom. The molecule has 0 radical (unpaired) electrons. The number of rotatable bonds is 2. The minimum Gasteiger partial charge on any atom is -0.303 e. The van der Waals surface area contributed by atoms with Crippen LogP contribution >= 0.6 is 0 Å².